The number of hydrogen-bond acceptors (Lipinski definition) is 3. The Morgan fingerprint density at radius 3 is 2.81 bits per heavy atom. The van der Waals surface area contributed by atoms with Gasteiger partial charge in [-0.25, -0.2) is 0 Å². The van der Waals surface area contributed by atoms with Crippen molar-refractivity contribution in [2.45, 2.75) is 24.9 Å². The molecule has 1 aromatic rings. The molecule has 16 heavy (non-hydrogen) atoms. The topological polar surface area (TPSA) is 47.3 Å². The van der Waals surface area contributed by atoms with Crippen molar-refractivity contribution in [2.24, 2.45) is 5.73 Å². The number of benzene rings is 1. The highest BCUT2D eigenvalue weighted by atomic mass is 16.5. The van der Waals surface area contributed by atoms with Crippen LogP contribution in [0.5, 0.6) is 0 Å². The molecule has 3 nitrogen and oxygen atoms in total. The summed E-state index contributed by atoms with van der Waals surface area (Å²) >= 11 is 0. The Balaban J connectivity index is 1.86. The summed E-state index contributed by atoms with van der Waals surface area (Å²) in [6.45, 7) is 4.63. The van der Waals surface area contributed by atoms with E-state index in [9.17, 15) is 0 Å². The first-order valence-electron chi connectivity index (χ1n) is 5.83. The van der Waals surface area contributed by atoms with Crippen molar-refractivity contribution in [1.29, 1.82) is 0 Å². The Morgan fingerprint density at radius 2 is 2.19 bits per heavy atom. The summed E-state index contributed by atoms with van der Waals surface area (Å²) in [5, 5.41) is 3.51. The summed E-state index contributed by atoms with van der Waals surface area (Å²) in [4.78, 5) is 0. The molecule has 0 aliphatic carbocycles. The Kier molecular flexibility index (Phi) is 3.59. The smallest absolute Gasteiger partial charge is 0.0646 e. The summed E-state index contributed by atoms with van der Waals surface area (Å²) in [7, 11) is 0. The molecular formula is C13H20N2O. The first kappa shape index (κ1) is 11.6. The Morgan fingerprint density at radius 1 is 1.44 bits per heavy atom. The van der Waals surface area contributed by atoms with Crippen LogP contribution < -0.4 is 11.1 Å². The maximum absolute atomic E-state index is 6.13. The molecule has 2 unspecified atom stereocenters. The van der Waals surface area contributed by atoms with E-state index >= 15 is 0 Å². The fourth-order valence-electron chi connectivity index (χ4n) is 1.98. The van der Waals surface area contributed by atoms with E-state index in [2.05, 4.69) is 24.4 Å². The molecular weight excluding hydrogens is 200 g/mol. The Bertz CT molecular complexity index is 320. The van der Waals surface area contributed by atoms with Gasteiger partial charge in [0.25, 0.3) is 0 Å². The van der Waals surface area contributed by atoms with E-state index in [1.54, 1.807) is 0 Å². The van der Waals surface area contributed by atoms with E-state index in [1.807, 2.05) is 18.2 Å². The van der Waals surface area contributed by atoms with Gasteiger partial charge in [-0.3, -0.25) is 0 Å². The third kappa shape index (κ3) is 2.82. The molecule has 0 saturated carbocycles. The standard InChI is InChI=1S/C13H20N2O/c1-13(7-8-16-10-13)15-9-12(14)11-5-3-2-4-6-11/h2-6,12,15H,7-10,14H2,1H3. The van der Waals surface area contributed by atoms with Gasteiger partial charge in [-0.2, -0.15) is 0 Å². The first-order chi connectivity index (χ1) is 7.70. The third-order valence-corrected chi connectivity index (χ3v) is 3.20. The summed E-state index contributed by atoms with van der Waals surface area (Å²) in [5.74, 6) is 0. The molecule has 0 bridgehead atoms. The molecule has 0 aromatic heterocycles. The summed E-state index contributed by atoms with van der Waals surface area (Å²) in [6.07, 6.45) is 1.06. The number of nitrogens with two attached hydrogens (primary N) is 1. The lowest BCUT2D eigenvalue weighted by molar-refractivity contribution is 0.171. The molecule has 1 saturated heterocycles. The van der Waals surface area contributed by atoms with E-state index < -0.39 is 0 Å². The molecule has 1 heterocycles. The van der Waals surface area contributed by atoms with Gasteiger partial charge in [0, 0.05) is 24.7 Å². The highest BCUT2D eigenvalue weighted by molar-refractivity contribution is 5.18. The van der Waals surface area contributed by atoms with Crippen molar-refractivity contribution in [3.8, 4) is 0 Å². The van der Waals surface area contributed by atoms with Gasteiger partial charge in [-0.05, 0) is 18.9 Å². The fraction of sp³-hybridized carbons (Fsp3) is 0.538. The zero-order chi connectivity index (χ0) is 11.4. The van der Waals surface area contributed by atoms with Gasteiger partial charge in [-0.15, -0.1) is 0 Å². The monoisotopic (exact) mass is 220 g/mol. The summed E-state index contributed by atoms with van der Waals surface area (Å²) in [5.41, 5.74) is 7.41. The van der Waals surface area contributed by atoms with Crippen molar-refractivity contribution in [1.82, 2.24) is 5.32 Å². The lowest BCUT2D eigenvalue weighted by Gasteiger charge is -2.25. The highest BCUT2D eigenvalue weighted by Gasteiger charge is 2.29. The van der Waals surface area contributed by atoms with E-state index in [0.29, 0.717) is 0 Å². The number of hydrogen-bond donors (Lipinski definition) is 2. The van der Waals surface area contributed by atoms with Crippen molar-refractivity contribution >= 4 is 0 Å². The maximum atomic E-state index is 6.13. The van der Waals surface area contributed by atoms with Gasteiger partial charge in [0.2, 0.25) is 0 Å². The van der Waals surface area contributed by atoms with Gasteiger partial charge in [0.1, 0.15) is 0 Å². The number of ether oxygens (including phenoxy) is 1. The van der Waals surface area contributed by atoms with E-state index in [-0.39, 0.29) is 11.6 Å². The van der Waals surface area contributed by atoms with Crippen molar-refractivity contribution in [3.05, 3.63) is 35.9 Å². The fourth-order valence-corrected chi connectivity index (χ4v) is 1.98. The average Bonchev–Trinajstić information content (AvgIpc) is 2.75. The minimum Gasteiger partial charge on any atom is -0.379 e. The second-order valence-corrected chi connectivity index (χ2v) is 4.76. The van der Waals surface area contributed by atoms with Crippen LogP contribution in [0.4, 0.5) is 0 Å². The zero-order valence-corrected chi connectivity index (χ0v) is 9.78. The Hall–Kier alpha value is -0.900. The van der Waals surface area contributed by atoms with Crippen molar-refractivity contribution < 1.29 is 4.74 Å². The van der Waals surface area contributed by atoms with Crippen LogP contribution in [0.3, 0.4) is 0 Å². The summed E-state index contributed by atoms with van der Waals surface area (Å²) in [6, 6.07) is 10.2. The van der Waals surface area contributed by atoms with Gasteiger partial charge >= 0.3 is 0 Å². The van der Waals surface area contributed by atoms with Gasteiger partial charge in [0.05, 0.1) is 6.61 Å². The van der Waals surface area contributed by atoms with Crippen molar-refractivity contribution in [2.75, 3.05) is 19.8 Å². The van der Waals surface area contributed by atoms with Crippen LogP contribution in [0.25, 0.3) is 0 Å². The predicted molar refractivity (Wildman–Crippen MR) is 65.2 cm³/mol. The molecule has 2 rings (SSSR count). The summed E-state index contributed by atoms with van der Waals surface area (Å²) < 4.78 is 5.39. The highest BCUT2D eigenvalue weighted by Crippen LogP contribution is 2.18. The first-order valence-corrected chi connectivity index (χ1v) is 5.83. The maximum Gasteiger partial charge on any atom is 0.0646 e. The van der Waals surface area contributed by atoms with Crippen LogP contribution in [-0.2, 0) is 4.74 Å². The number of nitrogens with one attached hydrogen (secondary N) is 1. The molecule has 0 radical (unpaired) electrons. The molecule has 1 aromatic carbocycles. The molecule has 3 heteroatoms. The molecule has 2 atom stereocenters. The lowest BCUT2D eigenvalue weighted by atomic mass is 10.0. The van der Waals surface area contributed by atoms with Crippen LogP contribution in [-0.4, -0.2) is 25.3 Å². The molecule has 88 valence electrons. The van der Waals surface area contributed by atoms with Gasteiger partial charge in [-0.1, -0.05) is 30.3 Å². The molecule has 1 fully saturated rings. The normalized spacial score (nSPS) is 26.9. The van der Waals surface area contributed by atoms with Crippen LogP contribution in [0.1, 0.15) is 24.9 Å². The van der Waals surface area contributed by atoms with Crippen LogP contribution in [0, 0.1) is 0 Å². The molecule has 3 N–H and O–H groups in total. The largest absolute Gasteiger partial charge is 0.379 e. The van der Waals surface area contributed by atoms with E-state index in [1.165, 1.54) is 5.56 Å². The zero-order valence-electron chi connectivity index (χ0n) is 9.78. The molecule has 0 amide bonds. The second kappa shape index (κ2) is 4.95. The number of rotatable bonds is 4. The van der Waals surface area contributed by atoms with Gasteiger partial charge < -0.3 is 15.8 Å². The molecule has 1 aliphatic heterocycles. The SMILES string of the molecule is CC1(NCC(N)c2ccccc2)CCOC1. The molecule has 0 spiro atoms. The minimum absolute atomic E-state index is 0.0543. The van der Waals surface area contributed by atoms with Crippen LogP contribution in [0.15, 0.2) is 30.3 Å². The average molecular weight is 220 g/mol. The predicted octanol–water partition coefficient (Wildman–Crippen LogP) is 1.45. The second-order valence-electron chi connectivity index (χ2n) is 4.76. The van der Waals surface area contributed by atoms with E-state index in [0.717, 1.165) is 26.2 Å². The lowest BCUT2D eigenvalue weighted by Crippen LogP contribution is -2.45. The van der Waals surface area contributed by atoms with Crippen LogP contribution in [0.2, 0.25) is 0 Å². The van der Waals surface area contributed by atoms with Gasteiger partial charge in [0.15, 0.2) is 0 Å². The van der Waals surface area contributed by atoms with Crippen LogP contribution >= 0.6 is 0 Å². The Labute approximate surface area is 97.0 Å². The quantitative estimate of drug-likeness (QED) is 0.807. The third-order valence-electron chi connectivity index (χ3n) is 3.20. The molecule has 1 aliphatic rings. The minimum atomic E-state index is 0.0543. The van der Waals surface area contributed by atoms with Crippen molar-refractivity contribution in [3.63, 3.8) is 0 Å². The van der Waals surface area contributed by atoms with E-state index in [4.69, 9.17) is 10.5 Å².